The van der Waals surface area contributed by atoms with Crippen molar-refractivity contribution in [1.29, 1.82) is 0 Å². The highest BCUT2D eigenvalue weighted by molar-refractivity contribution is 6.35. The SMILES string of the molecule is CCOC(=O)C1CCCC1N1CCC2(CC1)COc1cc(OCc3c(Cl)cccc3Cl)ccc12. The lowest BCUT2D eigenvalue weighted by Gasteiger charge is -2.42. The van der Waals surface area contributed by atoms with E-state index in [-0.39, 0.29) is 17.3 Å². The van der Waals surface area contributed by atoms with Crippen molar-refractivity contribution in [3.63, 3.8) is 0 Å². The largest absolute Gasteiger partial charge is 0.492 e. The van der Waals surface area contributed by atoms with Crippen molar-refractivity contribution in [3.05, 3.63) is 57.6 Å². The highest BCUT2D eigenvalue weighted by atomic mass is 35.5. The van der Waals surface area contributed by atoms with Gasteiger partial charge in [0.1, 0.15) is 18.1 Å². The predicted octanol–water partition coefficient (Wildman–Crippen LogP) is 6.03. The van der Waals surface area contributed by atoms with Gasteiger partial charge in [-0.25, -0.2) is 0 Å². The molecule has 1 saturated heterocycles. The van der Waals surface area contributed by atoms with Gasteiger partial charge in [0.05, 0.1) is 19.1 Å². The lowest BCUT2D eigenvalue weighted by molar-refractivity contribution is -0.150. The van der Waals surface area contributed by atoms with Gasteiger partial charge in [0, 0.05) is 38.7 Å². The monoisotopic (exact) mass is 503 g/mol. The second-order valence-corrected chi connectivity index (χ2v) is 10.4. The first kappa shape index (κ1) is 23.8. The van der Waals surface area contributed by atoms with Crippen LogP contribution < -0.4 is 9.47 Å². The van der Waals surface area contributed by atoms with E-state index in [2.05, 4.69) is 11.0 Å². The van der Waals surface area contributed by atoms with E-state index in [1.807, 2.05) is 37.3 Å². The van der Waals surface area contributed by atoms with Crippen LogP contribution in [-0.2, 0) is 21.6 Å². The molecule has 0 aromatic heterocycles. The maximum absolute atomic E-state index is 12.4. The summed E-state index contributed by atoms with van der Waals surface area (Å²) >= 11 is 12.5. The number of benzene rings is 2. The van der Waals surface area contributed by atoms with Crippen molar-refractivity contribution < 1.29 is 19.0 Å². The third-order valence-corrected chi connectivity index (χ3v) is 8.47. The topological polar surface area (TPSA) is 48.0 Å². The summed E-state index contributed by atoms with van der Waals surface area (Å²) in [5.41, 5.74) is 2.09. The number of halogens is 2. The molecule has 0 N–H and O–H groups in total. The maximum atomic E-state index is 12.4. The third kappa shape index (κ3) is 4.50. The minimum Gasteiger partial charge on any atom is -0.492 e. The molecule has 5 rings (SSSR count). The van der Waals surface area contributed by atoms with Crippen molar-refractivity contribution in [2.75, 3.05) is 26.3 Å². The zero-order valence-electron chi connectivity index (χ0n) is 19.5. The molecule has 2 aliphatic heterocycles. The third-order valence-electron chi connectivity index (χ3n) is 7.77. The van der Waals surface area contributed by atoms with Gasteiger partial charge in [-0.05, 0) is 63.9 Å². The van der Waals surface area contributed by atoms with Crippen LogP contribution in [0.2, 0.25) is 10.0 Å². The Kier molecular flexibility index (Phi) is 6.97. The smallest absolute Gasteiger partial charge is 0.310 e. The first-order chi connectivity index (χ1) is 16.5. The Morgan fingerprint density at radius 3 is 2.65 bits per heavy atom. The zero-order valence-corrected chi connectivity index (χ0v) is 21.0. The molecule has 2 aromatic rings. The van der Waals surface area contributed by atoms with Crippen LogP contribution in [0, 0.1) is 5.92 Å². The van der Waals surface area contributed by atoms with Gasteiger partial charge in [-0.3, -0.25) is 9.69 Å². The van der Waals surface area contributed by atoms with Crippen LogP contribution in [0.3, 0.4) is 0 Å². The number of likely N-dealkylation sites (tertiary alicyclic amines) is 1. The Hall–Kier alpha value is -1.95. The van der Waals surface area contributed by atoms with Crippen LogP contribution >= 0.6 is 23.2 Å². The molecule has 34 heavy (non-hydrogen) atoms. The summed E-state index contributed by atoms with van der Waals surface area (Å²) in [5.74, 6) is 1.65. The maximum Gasteiger partial charge on any atom is 0.310 e. The molecule has 2 unspecified atom stereocenters. The molecule has 2 atom stereocenters. The lowest BCUT2D eigenvalue weighted by Crippen LogP contribution is -2.49. The van der Waals surface area contributed by atoms with E-state index in [0.717, 1.165) is 62.3 Å². The summed E-state index contributed by atoms with van der Waals surface area (Å²) in [4.78, 5) is 14.9. The average molecular weight is 504 g/mol. The Labute approximate surface area is 211 Å². The molecule has 2 heterocycles. The summed E-state index contributed by atoms with van der Waals surface area (Å²) in [5, 5.41) is 1.20. The molecular formula is C27H31Cl2NO4. The van der Waals surface area contributed by atoms with E-state index in [0.29, 0.717) is 35.9 Å². The number of fused-ring (bicyclic) bond motifs is 2. The van der Waals surface area contributed by atoms with Gasteiger partial charge in [0.25, 0.3) is 0 Å². The summed E-state index contributed by atoms with van der Waals surface area (Å²) in [6.45, 7) is 5.30. The van der Waals surface area contributed by atoms with Crippen LogP contribution in [0.15, 0.2) is 36.4 Å². The van der Waals surface area contributed by atoms with E-state index in [1.54, 1.807) is 0 Å². The van der Waals surface area contributed by atoms with E-state index in [4.69, 9.17) is 37.4 Å². The Morgan fingerprint density at radius 2 is 1.91 bits per heavy atom. The second-order valence-electron chi connectivity index (χ2n) is 9.61. The van der Waals surface area contributed by atoms with Crippen molar-refractivity contribution in [3.8, 4) is 11.5 Å². The van der Waals surface area contributed by atoms with Gasteiger partial charge in [-0.15, -0.1) is 0 Å². The van der Waals surface area contributed by atoms with Crippen LogP contribution in [0.4, 0.5) is 0 Å². The molecule has 1 saturated carbocycles. The molecule has 0 bridgehead atoms. The van der Waals surface area contributed by atoms with Crippen LogP contribution in [0.25, 0.3) is 0 Å². The minimum atomic E-state index is -0.0227. The van der Waals surface area contributed by atoms with Crippen molar-refractivity contribution in [1.82, 2.24) is 4.90 Å². The van der Waals surface area contributed by atoms with E-state index >= 15 is 0 Å². The minimum absolute atomic E-state index is 0.0208. The molecule has 1 spiro atoms. The molecule has 3 aliphatic rings. The quantitative estimate of drug-likeness (QED) is 0.450. The van der Waals surface area contributed by atoms with Gasteiger partial charge < -0.3 is 14.2 Å². The van der Waals surface area contributed by atoms with Gasteiger partial charge in [-0.1, -0.05) is 41.8 Å². The molecule has 1 aliphatic carbocycles. The van der Waals surface area contributed by atoms with Gasteiger partial charge in [0.15, 0.2) is 0 Å². The van der Waals surface area contributed by atoms with E-state index in [9.17, 15) is 4.79 Å². The molecule has 7 heteroatoms. The summed E-state index contributed by atoms with van der Waals surface area (Å²) < 4.78 is 17.5. The normalized spacial score (nSPS) is 23.5. The first-order valence-corrected chi connectivity index (χ1v) is 13.0. The summed E-state index contributed by atoms with van der Waals surface area (Å²) in [6.07, 6.45) is 5.19. The average Bonchev–Trinajstić information content (AvgIpc) is 3.45. The number of ether oxygens (including phenoxy) is 3. The molecule has 0 amide bonds. The number of carbonyl (C=O) groups is 1. The number of esters is 1. The number of carbonyl (C=O) groups excluding carboxylic acids is 1. The fourth-order valence-electron chi connectivity index (χ4n) is 5.87. The number of hydrogen-bond acceptors (Lipinski definition) is 5. The van der Waals surface area contributed by atoms with Gasteiger partial charge >= 0.3 is 5.97 Å². The lowest BCUT2D eigenvalue weighted by atomic mass is 9.74. The molecular weight excluding hydrogens is 473 g/mol. The standard InChI is InChI=1S/C27H31Cl2NO4/c1-2-32-26(31)19-5-3-8-24(19)30-13-11-27(12-14-30)17-34-25-15-18(9-10-21(25)27)33-16-20-22(28)6-4-7-23(20)29/h4,6-7,9-10,15,19,24H,2-3,5,8,11-14,16-17H2,1H3. The number of nitrogens with zero attached hydrogens (tertiary/aromatic N) is 1. The molecule has 182 valence electrons. The summed E-state index contributed by atoms with van der Waals surface area (Å²) in [6, 6.07) is 11.9. The van der Waals surface area contributed by atoms with E-state index in [1.165, 1.54) is 5.56 Å². The summed E-state index contributed by atoms with van der Waals surface area (Å²) in [7, 11) is 0. The van der Waals surface area contributed by atoms with Gasteiger partial charge in [-0.2, -0.15) is 0 Å². The molecule has 2 fully saturated rings. The Balaban J connectivity index is 1.23. The van der Waals surface area contributed by atoms with Crippen LogP contribution in [-0.4, -0.2) is 43.2 Å². The Bertz CT molecular complexity index is 1030. The highest BCUT2D eigenvalue weighted by Crippen LogP contribution is 2.48. The number of piperidine rings is 1. The number of hydrogen-bond donors (Lipinski definition) is 0. The molecule has 5 nitrogen and oxygen atoms in total. The number of rotatable bonds is 6. The van der Waals surface area contributed by atoms with Crippen LogP contribution in [0.5, 0.6) is 11.5 Å². The van der Waals surface area contributed by atoms with Crippen LogP contribution in [0.1, 0.15) is 50.2 Å². The molecule has 2 aromatic carbocycles. The second kappa shape index (κ2) is 9.96. The van der Waals surface area contributed by atoms with Crippen molar-refractivity contribution >= 4 is 29.2 Å². The first-order valence-electron chi connectivity index (χ1n) is 12.2. The van der Waals surface area contributed by atoms with Crippen molar-refractivity contribution in [2.45, 2.75) is 57.1 Å². The predicted molar refractivity (Wildman–Crippen MR) is 133 cm³/mol. The Morgan fingerprint density at radius 1 is 1.15 bits per heavy atom. The fraction of sp³-hybridized carbons (Fsp3) is 0.519. The van der Waals surface area contributed by atoms with Crippen molar-refractivity contribution in [2.24, 2.45) is 5.92 Å². The van der Waals surface area contributed by atoms with E-state index < -0.39 is 0 Å². The fourth-order valence-corrected chi connectivity index (χ4v) is 6.38. The van der Waals surface area contributed by atoms with Gasteiger partial charge in [0.2, 0.25) is 0 Å². The highest BCUT2D eigenvalue weighted by Gasteiger charge is 2.46. The molecule has 0 radical (unpaired) electrons. The zero-order chi connectivity index (χ0) is 23.7.